The Morgan fingerprint density at radius 3 is 2.73 bits per heavy atom. The molecule has 1 fully saturated rings. The molecule has 0 amide bonds. The van der Waals surface area contributed by atoms with E-state index >= 15 is 0 Å². The molecular formula is C20H29BN2O3. The molecule has 140 valence electrons. The monoisotopic (exact) mass is 356 g/mol. The molecular weight excluding hydrogens is 327 g/mol. The Morgan fingerprint density at radius 1 is 1.35 bits per heavy atom. The molecule has 6 heteroatoms. The lowest BCUT2D eigenvalue weighted by Gasteiger charge is -2.40. The number of carbonyl (C=O) groups is 1. The van der Waals surface area contributed by atoms with Gasteiger partial charge in [0.2, 0.25) is 0 Å². The molecule has 1 aliphatic heterocycles. The molecule has 0 spiro atoms. The summed E-state index contributed by atoms with van der Waals surface area (Å²) in [6, 6.07) is 3.96. The standard InChI is InChI=1S/C20H29BN2O3/c1-4-7-20(8-10-23(21)11-9-20)13-26-19(24)15-12-22-16-6-5-14(2)18(25-3)17(15)16/h5-6,12,22H,4,7-11,13,21H2,1-3H3. The van der Waals surface area contributed by atoms with E-state index in [4.69, 9.17) is 9.47 Å². The Morgan fingerprint density at radius 2 is 2.08 bits per heavy atom. The van der Waals surface area contributed by atoms with Crippen molar-refractivity contribution >= 4 is 24.9 Å². The van der Waals surface area contributed by atoms with Gasteiger partial charge < -0.3 is 19.3 Å². The Kier molecular flexibility index (Phi) is 5.61. The third-order valence-electron chi connectivity index (χ3n) is 5.76. The molecule has 3 rings (SSSR count). The lowest BCUT2D eigenvalue weighted by atomic mass is 9.75. The van der Waals surface area contributed by atoms with E-state index in [-0.39, 0.29) is 11.4 Å². The van der Waals surface area contributed by atoms with Crippen molar-refractivity contribution in [3.63, 3.8) is 0 Å². The number of hydrogen-bond donors (Lipinski definition) is 1. The number of aromatic amines is 1. The number of ether oxygens (including phenoxy) is 2. The second-order valence-electron chi connectivity index (χ2n) is 7.67. The number of carbonyl (C=O) groups excluding carboxylic acids is 1. The number of aryl methyl sites for hydroxylation is 1. The number of methoxy groups -OCH3 is 1. The topological polar surface area (TPSA) is 54.6 Å². The minimum Gasteiger partial charge on any atom is -0.496 e. The molecule has 0 unspecified atom stereocenters. The summed E-state index contributed by atoms with van der Waals surface area (Å²) in [5.41, 5.74) is 2.57. The van der Waals surface area contributed by atoms with Gasteiger partial charge in [-0.15, -0.1) is 0 Å². The van der Waals surface area contributed by atoms with E-state index in [1.54, 1.807) is 13.3 Å². The predicted molar refractivity (Wildman–Crippen MR) is 107 cm³/mol. The molecule has 0 bridgehead atoms. The van der Waals surface area contributed by atoms with Gasteiger partial charge in [0, 0.05) is 11.6 Å². The van der Waals surface area contributed by atoms with E-state index in [0.717, 1.165) is 61.0 Å². The average Bonchev–Trinajstić information content (AvgIpc) is 3.06. The van der Waals surface area contributed by atoms with Crippen molar-refractivity contribution in [2.75, 3.05) is 26.8 Å². The molecule has 0 saturated carbocycles. The zero-order valence-electron chi connectivity index (χ0n) is 16.4. The van der Waals surface area contributed by atoms with Crippen LogP contribution < -0.4 is 4.74 Å². The largest absolute Gasteiger partial charge is 0.496 e. The Hall–Kier alpha value is -1.95. The van der Waals surface area contributed by atoms with Crippen LogP contribution in [0, 0.1) is 12.3 Å². The molecule has 1 aromatic heterocycles. The highest BCUT2D eigenvalue weighted by atomic mass is 16.5. The number of fused-ring (bicyclic) bond motifs is 1. The molecule has 1 aliphatic rings. The van der Waals surface area contributed by atoms with Crippen LogP contribution in [-0.4, -0.2) is 50.6 Å². The highest BCUT2D eigenvalue weighted by molar-refractivity contribution is 6.07. The fourth-order valence-electron chi connectivity index (χ4n) is 4.11. The fraction of sp³-hybridized carbons (Fsp3) is 0.550. The quantitative estimate of drug-likeness (QED) is 0.639. The van der Waals surface area contributed by atoms with Crippen molar-refractivity contribution in [1.29, 1.82) is 0 Å². The van der Waals surface area contributed by atoms with Gasteiger partial charge in [-0.3, -0.25) is 0 Å². The zero-order valence-corrected chi connectivity index (χ0v) is 16.4. The number of esters is 1. The summed E-state index contributed by atoms with van der Waals surface area (Å²) in [5, 5.41) is 0.811. The van der Waals surface area contributed by atoms with Crippen LogP contribution in [-0.2, 0) is 4.74 Å². The molecule has 0 atom stereocenters. The number of H-pyrrole nitrogens is 1. The van der Waals surface area contributed by atoms with Crippen LogP contribution in [0.2, 0.25) is 0 Å². The molecule has 0 radical (unpaired) electrons. The molecule has 0 aliphatic carbocycles. The maximum absolute atomic E-state index is 12.8. The van der Waals surface area contributed by atoms with E-state index in [1.807, 2.05) is 19.1 Å². The smallest absolute Gasteiger partial charge is 0.340 e. The van der Waals surface area contributed by atoms with Gasteiger partial charge >= 0.3 is 5.97 Å². The van der Waals surface area contributed by atoms with Crippen molar-refractivity contribution < 1.29 is 14.3 Å². The van der Waals surface area contributed by atoms with Gasteiger partial charge in [0.1, 0.15) is 5.75 Å². The van der Waals surface area contributed by atoms with Crippen LogP contribution in [0.25, 0.3) is 10.9 Å². The van der Waals surface area contributed by atoms with Crippen LogP contribution in [0.5, 0.6) is 5.75 Å². The number of aromatic nitrogens is 1. The molecule has 1 saturated heterocycles. The summed E-state index contributed by atoms with van der Waals surface area (Å²) in [6.45, 7) is 6.81. The molecule has 5 nitrogen and oxygen atoms in total. The average molecular weight is 356 g/mol. The third-order valence-corrected chi connectivity index (χ3v) is 5.76. The summed E-state index contributed by atoms with van der Waals surface area (Å²) in [7, 11) is 3.79. The summed E-state index contributed by atoms with van der Waals surface area (Å²) >= 11 is 0. The Bertz CT molecular complexity index is 779. The van der Waals surface area contributed by atoms with Crippen LogP contribution in [0.4, 0.5) is 0 Å². The van der Waals surface area contributed by atoms with Gasteiger partial charge in [0.05, 0.1) is 30.2 Å². The van der Waals surface area contributed by atoms with Crippen molar-refractivity contribution in [2.24, 2.45) is 5.41 Å². The molecule has 1 aromatic carbocycles. The van der Waals surface area contributed by atoms with Gasteiger partial charge in [-0.25, -0.2) is 4.79 Å². The summed E-state index contributed by atoms with van der Waals surface area (Å²) in [6.07, 6.45) is 6.11. The first-order valence-electron chi connectivity index (χ1n) is 9.50. The van der Waals surface area contributed by atoms with Crippen molar-refractivity contribution in [3.05, 3.63) is 29.5 Å². The van der Waals surface area contributed by atoms with Crippen molar-refractivity contribution in [1.82, 2.24) is 9.79 Å². The van der Waals surface area contributed by atoms with E-state index in [0.29, 0.717) is 12.2 Å². The van der Waals surface area contributed by atoms with Gasteiger partial charge in [-0.2, -0.15) is 0 Å². The van der Waals surface area contributed by atoms with Crippen molar-refractivity contribution in [2.45, 2.75) is 39.5 Å². The highest BCUT2D eigenvalue weighted by Gasteiger charge is 2.34. The number of benzene rings is 1. The van der Waals surface area contributed by atoms with Gasteiger partial charge in [0.25, 0.3) is 0 Å². The summed E-state index contributed by atoms with van der Waals surface area (Å²) in [4.78, 5) is 18.4. The minimum atomic E-state index is -0.269. The first-order chi connectivity index (χ1) is 12.5. The second-order valence-corrected chi connectivity index (χ2v) is 7.67. The number of hydrogen-bond acceptors (Lipinski definition) is 4. The molecule has 2 aromatic rings. The summed E-state index contributed by atoms with van der Waals surface area (Å²) < 4.78 is 11.4. The molecule has 2 heterocycles. The van der Waals surface area contributed by atoms with Crippen LogP contribution >= 0.6 is 0 Å². The number of rotatable bonds is 6. The maximum Gasteiger partial charge on any atom is 0.340 e. The van der Waals surface area contributed by atoms with Crippen LogP contribution in [0.3, 0.4) is 0 Å². The van der Waals surface area contributed by atoms with Gasteiger partial charge in [-0.05, 0) is 50.9 Å². The van der Waals surface area contributed by atoms with Crippen LogP contribution in [0.15, 0.2) is 18.3 Å². The maximum atomic E-state index is 12.8. The number of nitrogens with zero attached hydrogens (tertiary/aromatic N) is 1. The normalized spacial score (nSPS) is 17.3. The molecule has 26 heavy (non-hydrogen) atoms. The second kappa shape index (κ2) is 7.74. The number of nitrogens with one attached hydrogen (secondary N) is 1. The Balaban J connectivity index is 1.80. The first-order valence-corrected chi connectivity index (χ1v) is 9.50. The first kappa shape index (κ1) is 18.8. The van der Waals surface area contributed by atoms with E-state index in [1.165, 1.54) is 0 Å². The lowest BCUT2D eigenvalue weighted by Crippen LogP contribution is -2.41. The van der Waals surface area contributed by atoms with Crippen molar-refractivity contribution in [3.8, 4) is 5.75 Å². The molecule has 1 N–H and O–H groups in total. The highest BCUT2D eigenvalue weighted by Crippen LogP contribution is 2.37. The third kappa shape index (κ3) is 3.61. The number of piperidine rings is 1. The Labute approximate surface area is 156 Å². The van der Waals surface area contributed by atoms with Gasteiger partial charge in [-0.1, -0.05) is 19.4 Å². The predicted octanol–water partition coefficient (Wildman–Crippen LogP) is 3.07. The zero-order chi connectivity index (χ0) is 18.7. The SMILES string of the molecule is BN1CCC(CCC)(COC(=O)c2c[nH]c3ccc(C)c(OC)c23)CC1. The summed E-state index contributed by atoms with van der Waals surface area (Å²) in [5.74, 6) is 0.466. The van der Waals surface area contributed by atoms with Crippen LogP contribution in [0.1, 0.15) is 48.5 Å². The minimum absolute atomic E-state index is 0.114. The van der Waals surface area contributed by atoms with E-state index in [9.17, 15) is 4.79 Å². The van der Waals surface area contributed by atoms with E-state index < -0.39 is 0 Å². The van der Waals surface area contributed by atoms with Gasteiger partial charge in [0.15, 0.2) is 7.98 Å². The lowest BCUT2D eigenvalue weighted by molar-refractivity contribution is 0.0106. The fourth-order valence-corrected chi connectivity index (χ4v) is 4.11. The van der Waals surface area contributed by atoms with E-state index in [2.05, 4.69) is 24.7 Å².